The summed E-state index contributed by atoms with van der Waals surface area (Å²) in [5, 5.41) is 3.00. The SMILES string of the molecule is CC(C)N1C(=O)CC(Nc2ccc(=O)n(C)c2)C1=O. The van der Waals surface area contributed by atoms with Crippen LogP contribution >= 0.6 is 0 Å². The molecule has 1 atom stereocenters. The van der Waals surface area contributed by atoms with Gasteiger partial charge in [-0.2, -0.15) is 0 Å². The van der Waals surface area contributed by atoms with E-state index in [1.807, 2.05) is 13.8 Å². The number of rotatable bonds is 3. The van der Waals surface area contributed by atoms with E-state index in [2.05, 4.69) is 5.32 Å². The van der Waals surface area contributed by atoms with E-state index in [1.165, 1.54) is 15.5 Å². The number of aromatic nitrogens is 1. The third-order valence-electron chi connectivity index (χ3n) is 3.13. The van der Waals surface area contributed by atoms with Gasteiger partial charge >= 0.3 is 0 Å². The van der Waals surface area contributed by atoms with E-state index in [1.54, 1.807) is 19.3 Å². The van der Waals surface area contributed by atoms with Crippen molar-refractivity contribution in [3.63, 3.8) is 0 Å². The first-order valence-electron chi connectivity index (χ1n) is 6.19. The van der Waals surface area contributed by atoms with E-state index in [4.69, 9.17) is 0 Å². The highest BCUT2D eigenvalue weighted by atomic mass is 16.2. The number of carbonyl (C=O) groups excluding carboxylic acids is 2. The van der Waals surface area contributed by atoms with Crippen molar-refractivity contribution in [2.75, 3.05) is 5.32 Å². The molecule has 1 aliphatic heterocycles. The molecule has 0 bridgehead atoms. The standard InChI is InChI=1S/C13H17N3O3/c1-8(2)16-12(18)6-10(13(16)19)14-9-4-5-11(17)15(3)7-9/h4-5,7-8,10,14H,6H2,1-3H3. The van der Waals surface area contributed by atoms with E-state index in [0.717, 1.165) is 0 Å². The minimum absolute atomic E-state index is 0.122. The summed E-state index contributed by atoms with van der Waals surface area (Å²) in [4.78, 5) is 36.4. The van der Waals surface area contributed by atoms with Crippen LogP contribution in [0.4, 0.5) is 5.69 Å². The fourth-order valence-electron chi connectivity index (χ4n) is 2.19. The minimum Gasteiger partial charge on any atom is -0.372 e. The Labute approximate surface area is 111 Å². The Hall–Kier alpha value is -2.11. The Morgan fingerprint density at radius 1 is 1.26 bits per heavy atom. The van der Waals surface area contributed by atoms with Crippen LogP contribution < -0.4 is 10.9 Å². The Morgan fingerprint density at radius 3 is 2.47 bits per heavy atom. The molecular weight excluding hydrogens is 246 g/mol. The second-order valence-corrected chi connectivity index (χ2v) is 4.96. The normalized spacial score (nSPS) is 19.4. The zero-order valence-corrected chi connectivity index (χ0v) is 11.2. The second kappa shape index (κ2) is 4.87. The molecule has 0 saturated carbocycles. The van der Waals surface area contributed by atoms with Gasteiger partial charge < -0.3 is 9.88 Å². The molecule has 2 rings (SSSR count). The maximum Gasteiger partial charge on any atom is 0.252 e. The van der Waals surface area contributed by atoms with Crippen molar-refractivity contribution in [3.05, 3.63) is 28.7 Å². The first kappa shape index (κ1) is 13.3. The highest BCUT2D eigenvalue weighted by Gasteiger charge is 2.39. The van der Waals surface area contributed by atoms with E-state index >= 15 is 0 Å². The Balaban J connectivity index is 2.16. The maximum atomic E-state index is 12.1. The summed E-state index contributed by atoms with van der Waals surface area (Å²) in [6.45, 7) is 3.62. The zero-order chi connectivity index (χ0) is 14.2. The van der Waals surface area contributed by atoms with Gasteiger partial charge in [0.25, 0.3) is 5.91 Å². The number of hydrogen-bond acceptors (Lipinski definition) is 4. The number of nitrogens with zero attached hydrogens (tertiary/aromatic N) is 2. The lowest BCUT2D eigenvalue weighted by molar-refractivity contribution is -0.140. The smallest absolute Gasteiger partial charge is 0.252 e. The predicted molar refractivity (Wildman–Crippen MR) is 70.7 cm³/mol. The molecule has 0 spiro atoms. The van der Waals surface area contributed by atoms with Gasteiger partial charge in [-0.05, 0) is 19.9 Å². The number of imide groups is 1. The van der Waals surface area contributed by atoms with Crippen LogP contribution in [-0.4, -0.2) is 33.4 Å². The van der Waals surface area contributed by atoms with Crippen LogP contribution in [0.2, 0.25) is 0 Å². The largest absolute Gasteiger partial charge is 0.372 e. The molecule has 1 fully saturated rings. The number of likely N-dealkylation sites (tertiary alicyclic amines) is 1. The van der Waals surface area contributed by atoms with Gasteiger partial charge in [-0.25, -0.2) is 0 Å². The van der Waals surface area contributed by atoms with Crippen molar-refractivity contribution in [2.24, 2.45) is 7.05 Å². The van der Waals surface area contributed by atoms with Crippen LogP contribution in [0.25, 0.3) is 0 Å². The van der Waals surface area contributed by atoms with Gasteiger partial charge in [0, 0.05) is 25.4 Å². The lowest BCUT2D eigenvalue weighted by atomic mass is 10.2. The molecule has 1 aromatic heterocycles. The van der Waals surface area contributed by atoms with Crippen LogP contribution in [0, 0.1) is 0 Å². The summed E-state index contributed by atoms with van der Waals surface area (Å²) < 4.78 is 1.42. The Bertz CT molecular complexity index is 577. The van der Waals surface area contributed by atoms with Gasteiger partial charge in [0.05, 0.1) is 12.1 Å². The number of pyridine rings is 1. The van der Waals surface area contributed by atoms with Gasteiger partial charge in [-0.3, -0.25) is 19.3 Å². The quantitative estimate of drug-likeness (QED) is 0.798. The molecule has 2 amide bonds. The van der Waals surface area contributed by atoms with E-state index in [9.17, 15) is 14.4 Å². The van der Waals surface area contributed by atoms with Crippen molar-refractivity contribution in [1.29, 1.82) is 0 Å². The lowest BCUT2D eigenvalue weighted by Gasteiger charge is -2.19. The topological polar surface area (TPSA) is 71.4 Å². The number of carbonyl (C=O) groups is 2. The van der Waals surface area contributed by atoms with Crippen LogP contribution in [0.1, 0.15) is 20.3 Å². The average molecular weight is 263 g/mol. The third-order valence-corrected chi connectivity index (χ3v) is 3.13. The summed E-state index contributed by atoms with van der Waals surface area (Å²) in [5.74, 6) is -0.379. The number of nitrogens with one attached hydrogen (secondary N) is 1. The zero-order valence-electron chi connectivity index (χ0n) is 11.2. The van der Waals surface area contributed by atoms with E-state index in [0.29, 0.717) is 5.69 Å². The summed E-state index contributed by atoms with van der Waals surface area (Å²) in [6.07, 6.45) is 1.76. The average Bonchev–Trinajstić information content (AvgIpc) is 2.59. The van der Waals surface area contributed by atoms with E-state index < -0.39 is 6.04 Å². The van der Waals surface area contributed by atoms with Crippen molar-refractivity contribution < 1.29 is 9.59 Å². The Kier molecular flexibility index (Phi) is 3.42. The lowest BCUT2D eigenvalue weighted by Crippen LogP contribution is -2.39. The molecule has 19 heavy (non-hydrogen) atoms. The molecule has 2 heterocycles. The molecular formula is C13H17N3O3. The molecule has 1 saturated heterocycles. The van der Waals surface area contributed by atoms with Crippen molar-refractivity contribution >= 4 is 17.5 Å². The van der Waals surface area contributed by atoms with Crippen molar-refractivity contribution in [2.45, 2.75) is 32.4 Å². The molecule has 0 aliphatic carbocycles. The molecule has 1 aromatic rings. The monoisotopic (exact) mass is 263 g/mol. The fraction of sp³-hybridized carbons (Fsp3) is 0.462. The summed E-state index contributed by atoms with van der Waals surface area (Å²) >= 11 is 0. The molecule has 6 heteroatoms. The van der Waals surface area contributed by atoms with Gasteiger partial charge in [0.2, 0.25) is 11.5 Å². The first-order valence-corrected chi connectivity index (χ1v) is 6.19. The molecule has 1 N–H and O–H groups in total. The highest BCUT2D eigenvalue weighted by Crippen LogP contribution is 2.19. The summed E-state index contributed by atoms with van der Waals surface area (Å²) in [7, 11) is 1.63. The predicted octanol–water partition coefficient (Wildman–Crippen LogP) is 0.333. The van der Waals surface area contributed by atoms with Crippen LogP contribution in [0.3, 0.4) is 0 Å². The molecule has 0 radical (unpaired) electrons. The van der Waals surface area contributed by atoms with Crippen LogP contribution in [0.15, 0.2) is 23.1 Å². The number of hydrogen-bond donors (Lipinski definition) is 1. The third kappa shape index (κ3) is 2.52. The van der Waals surface area contributed by atoms with Crippen LogP contribution in [-0.2, 0) is 16.6 Å². The molecule has 6 nitrogen and oxygen atoms in total. The Morgan fingerprint density at radius 2 is 1.95 bits per heavy atom. The van der Waals surface area contributed by atoms with Gasteiger partial charge in [-0.1, -0.05) is 0 Å². The maximum absolute atomic E-state index is 12.1. The van der Waals surface area contributed by atoms with Gasteiger partial charge in [0.15, 0.2) is 0 Å². The summed E-state index contributed by atoms with van der Waals surface area (Å²) in [5.41, 5.74) is 0.530. The van der Waals surface area contributed by atoms with Gasteiger partial charge in [-0.15, -0.1) is 0 Å². The van der Waals surface area contributed by atoms with Crippen LogP contribution in [0.5, 0.6) is 0 Å². The van der Waals surface area contributed by atoms with Crippen molar-refractivity contribution in [3.8, 4) is 0 Å². The highest BCUT2D eigenvalue weighted by molar-refractivity contribution is 6.07. The number of anilines is 1. The first-order chi connectivity index (χ1) is 8.90. The summed E-state index contributed by atoms with van der Waals surface area (Å²) in [6, 6.07) is 2.35. The molecule has 1 aliphatic rings. The minimum atomic E-state index is -0.549. The molecule has 0 aromatic carbocycles. The molecule has 102 valence electrons. The van der Waals surface area contributed by atoms with Crippen molar-refractivity contribution in [1.82, 2.24) is 9.47 Å². The fourth-order valence-corrected chi connectivity index (χ4v) is 2.19. The number of amides is 2. The van der Waals surface area contributed by atoms with Gasteiger partial charge in [0.1, 0.15) is 6.04 Å². The number of aryl methyl sites for hydroxylation is 1. The second-order valence-electron chi connectivity index (χ2n) is 4.96. The molecule has 1 unspecified atom stereocenters. The van der Waals surface area contributed by atoms with E-state index in [-0.39, 0.29) is 29.8 Å².